The molecule has 42 heavy (non-hydrogen) atoms. The van der Waals surface area contributed by atoms with Crippen LogP contribution >= 0.6 is 0 Å². The SMILES string of the molecule is Nc1ncccc1OCCCCc1ccc2c(c1)C(=O)NCC(=O)N2c1ccc(OC(=O)C2NC2(C=O)CC=O)cc1. The molecule has 0 bridgehead atoms. The summed E-state index contributed by atoms with van der Waals surface area (Å²) >= 11 is 0. The second-order valence-corrected chi connectivity index (χ2v) is 9.98. The molecule has 12 heteroatoms. The van der Waals surface area contributed by atoms with Crippen LogP contribution < -0.4 is 30.7 Å². The number of benzene rings is 2. The van der Waals surface area contributed by atoms with Crippen LogP contribution in [0.1, 0.15) is 35.2 Å². The minimum atomic E-state index is -1.22. The number of hydrogen-bond donors (Lipinski definition) is 3. The fourth-order valence-electron chi connectivity index (χ4n) is 4.80. The van der Waals surface area contributed by atoms with Crippen LogP contribution in [0.15, 0.2) is 60.8 Å². The van der Waals surface area contributed by atoms with Crippen LogP contribution in [0.4, 0.5) is 17.2 Å². The van der Waals surface area contributed by atoms with Crippen molar-refractivity contribution in [1.29, 1.82) is 0 Å². The van der Waals surface area contributed by atoms with E-state index in [2.05, 4.69) is 15.6 Å². The fourth-order valence-corrected chi connectivity index (χ4v) is 4.80. The zero-order valence-electron chi connectivity index (χ0n) is 22.6. The first-order chi connectivity index (χ1) is 20.3. The third-order valence-corrected chi connectivity index (χ3v) is 7.14. The van der Waals surface area contributed by atoms with Gasteiger partial charge in [0.05, 0.1) is 24.4 Å². The number of rotatable bonds is 12. The molecule has 0 spiro atoms. The van der Waals surface area contributed by atoms with E-state index in [1.807, 2.05) is 6.07 Å². The van der Waals surface area contributed by atoms with Crippen LogP contribution in [0.2, 0.25) is 0 Å². The molecule has 2 amide bonds. The Labute approximate surface area is 241 Å². The molecule has 0 radical (unpaired) electrons. The van der Waals surface area contributed by atoms with Gasteiger partial charge in [-0.15, -0.1) is 0 Å². The summed E-state index contributed by atoms with van der Waals surface area (Å²) in [7, 11) is 0. The first kappa shape index (κ1) is 28.4. The summed E-state index contributed by atoms with van der Waals surface area (Å²) in [6.07, 6.45) is 4.86. The number of nitrogens with one attached hydrogen (secondary N) is 2. The molecular weight excluding hydrogens is 542 g/mol. The summed E-state index contributed by atoms with van der Waals surface area (Å²) in [5.41, 5.74) is 6.80. The number of anilines is 3. The molecule has 1 fully saturated rings. The molecule has 3 aromatic rings. The normalized spacial score (nSPS) is 19.2. The number of nitrogen functional groups attached to an aromatic ring is 1. The van der Waals surface area contributed by atoms with Crippen LogP contribution in [0.3, 0.4) is 0 Å². The first-order valence-corrected chi connectivity index (χ1v) is 13.4. The number of hydrogen-bond acceptors (Lipinski definition) is 10. The van der Waals surface area contributed by atoms with Crippen molar-refractivity contribution < 1.29 is 33.4 Å². The molecule has 4 N–H and O–H groups in total. The molecule has 216 valence electrons. The number of nitrogens with zero attached hydrogens (tertiary/aromatic N) is 2. The number of nitrogens with two attached hydrogens (primary N) is 1. The number of carbonyl (C=O) groups is 5. The number of ether oxygens (including phenoxy) is 2. The molecular formula is C30H29N5O7. The van der Waals surface area contributed by atoms with Gasteiger partial charge in [-0.2, -0.15) is 0 Å². The molecule has 2 aromatic carbocycles. The van der Waals surface area contributed by atoms with Crippen molar-refractivity contribution in [3.63, 3.8) is 0 Å². The van der Waals surface area contributed by atoms with Crippen molar-refractivity contribution in [3.05, 3.63) is 71.9 Å². The lowest BCUT2D eigenvalue weighted by Gasteiger charge is -2.23. The van der Waals surface area contributed by atoms with E-state index in [1.165, 1.54) is 17.0 Å². The second kappa shape index (κ2) is 12.2. The molecule has 5 rings (SSSR count). The monoisotopic (exact) mass is 571 g/mol. The van der Waals surface area contributed by atoms with Gasteiger partial charge in [-0.25, -0.2) is 9.78 Å². The summed E-state index contributed by atoms with van der Waals surface area (Å²) in [6, 6.07) is 14.3. The van der Waals surface area contributed by atoms with Gasteiger partial charge in [-0.1, -0.05) is 6.07 Å². The Balaban J connectivity index is 1.24. The highest BCUT2D eigenvalue weighted by atomic mass is 16.5. The number of amides is 2. The molecule has 0 aliphatic carbocycles. The molecule has 0 saturated carbocycles. The first-order valence-electron chi connectivity index (χ1n) is 13.4. The van der Waals surface area contributed by atoms with Gasteiger partial charge in [-0.05, 0) is 73.4 Å². The highest BCUT2D eigenvalue weighted by Crippen LogP contribution is 2.34. The molecule has 1 aromatic heterocycles. The van der Waals surface area contributed by atoms with Gasteiger partial charge in [0.1, 0.15) is 29.9 Å². The number of aldehydes is 2. The highest BCUT2D eigenvalue weighted by molar-refractivity contribution is 6.13. The maximum absolute atomic E-state index is 13.0. The van der Waals surface area contributed by atoms with Gasteiger partial charge in [-0.3, -0.25) is 19.8 Å². The van der Waals surface area contributed by atoms with Crippen molar-refractivity contribution in [1.82, 2.24) is 15.6 Å². The van der Waals surface area contributed by atoms with Crippen LogP contribution in [0.25, 0.3) is 0 Å². The van der Waals surface area contributed by atoms with Crippen LogP contribution in [-0.2, 0) is 25.6 Å². The van der Waals surface area contributed by atoms with Crippen LogP contribution in [0, 0.1) is 0 Å². The minimum Gasteiger partial charge on any atom is -0.490 e. The summed E-state index contributed by atoms with van der Waals surface area (Å²) in [4.78, 5) is 65.9. The maximum Gasteiger partial charge on any atom is 0.330 e. The Morgan fingerprint density at radius 2 is 1.93 bits per heavy atom. The number of unbranched alkanes of at least 4 members (excludes halogenated alkanes) is 1. The van der Waals surface area contributed by atoms with Crippen LogP contribution in [-0.4, -0.2) is 60.1 Å². The van der Waals surface area contributed by atoms with Gasteiger partial charge in [0.25, 0.3) is 11.8 Å². The van der Waals surface area contributed by atoms with E-state index >= 15 is 0 Å². The van der Waals surface area contributed by atoms with Crippen molar-refractivity contribution >= 4 is 47.5 Å². The number of carbonyl (C=O) groups excluding carboxylic acids is 5. The van der Waals surface area contributed by atoms with Gasteiger partial charge in [0.2, 0.25) is 0 Å². The zero-order chi connectivity index (χ0) is 29.7. The zero-order valence-corrected chi connectivity index (χ0v) is 22.6. The average molecular weight is 572 g/mol. The summed E-state index contributed by atoms with van der Waals surface area (Å²) < 4.78 is 11.0. The fraction of sp³-hybridized carbons (Fsp3) is 0.267. The Kier molecular flexibility index (Phi) is 8.25. The number of esters is 1. The third-order valence-electron chi connectivity index (χ3n) is 7.14. The van der Waals surface area contributed by atoms with Gasteiger partial charge in [0.15, 0.2) is 11.6 Å². The maximum atomic E-state index is 13.0. The predicted octanol–water partition coefficient (Wildman–Crippen LogP) is 1.88. The minimum absolute atomic E-state index is 0.129. The number of aromatic nitrogens is 1. The Bertz CT molecular complexity index is 1530. The van der Waals surface area contributed by atoms with Crippen molar-refractivity contribution in [2.24, 2.45) is 0 Å². The number of fused-ring (bicyclic) bond motifs is 1. The van der Waals surface area contributed by atoms with Gasteiger partial charge >= 0.3 is 5.97 Å². The molecule has 2 aliphatic heterocycles. The lowest BCUT2D eigenvalue weighted by atomic mass is 10.0. The lowest BCUT2D eigenvalue weighted by Crippen LogP contribution is -2.33. The van der Waals surface area contributed by atoms with E-state index < -0.39 is 17.6 Å². The Morgan fingerprint density at radius 3 is 2.67 bits per heavy atom. The molecule has 2 aliphatic rings. The molecule has 12 nitrogen and oxygen atoms in total. The summed E-state index contributed by atoms with van der Waals surface area (Å²) in [5, 5.41) is 5.36. The quantitative estimate of drug-likeness (QED) is 0.0955. The van der Waals surface area contributed by atoms with Crippen molar-refractivity contribution in [3.8, 4) is 11.5 Å². The summed E-state index contributed by atoms with van der Waals surface area (Å²) in [5.74, 6) is -0.290. The van der Waals surface area contributed by atoms with E-state index in [1.54, 1.807) is 42.6 Å². The van der Waals surface area contributed by atoms with E-state index in [4.69, 9.17) is 15.2 Å². The lowest BCUT2D eigenvalue weighted by molar-refractivity contribution is -0.134. The molecule has 2 atom stereocenters. The van der Waals surface area contributed by atoms with Gasteiger partial charge in [0, 0.05) is 18.3 Å². The average Bonchev–Trinajstić information content (AvgIpc) is 3.74. The Morgan fingerprint density at radius 1 is 1.12 bits per heavy atom. The van der Waals surface area contributed by atoms with E-state index in [-0.39, 0.29) is 30.5 Å². The number of aryl methyl sites for hydroxylation is 1. The Hall–Kier alpha value is -5.10. The standard InChI is InChI=1S/C30H29N5O7/c31-27-24(5-3-13-32-27)41-15-2-1-4-19-6-11-23-22(16-19)28(39)33-17-25(38)35(23)20-7-9-21(10-8-20)42-29(40)26-30(18-37,34-26)12-14-36/h3,5-11,13-14,16,18,26,34H,1-2,4,12,15,17H2,(H2,31,32)(H,33,39). The van der Waals surface area contributed by atoms with E-state index in [0.29, 0.717) is 54.1 Å². The largest absolute Gasteiger partial charge is 0.490 e. The second-order valence-electron chi connectivity index (χ2n) is 9.98. The predicted molar refractivity (Wildman–Crippen MR) is 151 cm³/mol. The third kappa shape index (κ3) is 5.98. The molecule has 2 unspecified atom stereocenters. The molecule has 3 heterocycles. The van der Waals surface area contributed by atoms with Gasteiger partial charge < -0.3 is 30.1 Å². The highest BCUT2D eigenvalue weighted by Gasteiger charge is 2.59. The smallest absolute Gasteiger partial charge is 0.330 e. The van der Waals surface area contributed by atoms with E-state index in [9.17, 15) is 24.0 Å². The van der Waals surface area contributed by atoms with Crippen molar-refractivity contribution in [2.45, 2.75) is 37.3 Å². The van der Waals surface area contributed by atoms with Crippen LogP contribution in [0.5, 0.6) is 11.5 Å². The van der Waals surface area contributed by atoms with E-state index in [0.717, 1.165) is 18.4 Å². The number of pyridine rings is 1. The summed E-state index contributed by atoms with van der Waals surface area (Å²) in [6.45, 7) is 0.287. The topological polar surface area (TPSA) is 180 Å². The molecule has 1 saturated heterocycles. The van der Waals surface area contributed by atoms with Crippen molar-refractivity contribution in [2.75, 3.05) is 23.8 Å².